The van der Waals surface area contributed by atoms with Crippen LogP contribution < -0.4 is 10.2 Å². The molecule has 0 radical (unpaired) electrons. The van der Waals surface area contributed by atoms with E-state index in [0.29, 0.717) is 11.3 Å². The van der Waals surface area contributed by atoms with Crippen molar-refractivity contribution in [2.75, 3.05) is 12.5 Å². The zero-order chi connectivity index (χ0) is 13.7. The maximum absolute atomic E-state index is 13.4. The van der Waals surface area contributed by atoms with E-state index in [9.17, 15) is 4.39 Å². The van der Waals surface area contributed by atoms with Crippen molar-refractivity contribution in [3.05, 3.63) is 58.9 Å². The number of halogens is 2. The number of hydrogen-bond donors (Lipinski definition) is 1. The molecule has 3 nitrogen and oxygen atoms in total. The van der Waals surface area contributed by atoms with Crippen LogP contribution in [0.3, 0.4) is 0 Å². The van der Waals surface area contributed by atoms with Gasteiger partial charge in [-0.1, -0.05) is 29.8 Å². The summed E-state index contributed by atoms with van der Waals surface area (Å²) in [5.41, 5.74) is 4.04. The predicted octanol–water partition coefficient (Wildman–Crippen LogP) is 3.93. The topological polar surface area (TPSA) is 33.6 Å². The highest BCUT2D eigenvalue weighted by Gasteiger charge is 2.10. The molecule has 98 valence electrons. The minimum Gasteiger partial charge on any atom is -0.496 e. The molecule has 0 heterocycles. The summed E-state index contributed by atoms with van der Waals surface area (Å²) in [7, 11) is 1.49. The van der Waals surface area contributed by atoms with Crippen LogP contribution in [0, 0.1) is 5.82 Å². The molecular formula is C14H12ClFN2O. The molecule has 0 amide bonds. The van der Waals surface area contributed by atoms with Crippen LogP contribution in [0.5, 0.6) is 5.75 Å². The van der Waals surface area contributed by atoms with Crippen molar-refractivity contribution in [2.24, 2.45) is 5.10 Å². The number of hydrogen-bond acceptors (Lipinski definition) is 3. The molecule has 19 heavy (non-hydrogen) atoms. The third-order valence-electron chi connectivity index (χ3n) is 2.47. The largest absolute Gasteiger partial charge is 0.496 e. The second kappa shape index (κ2) is 6.20. The van der Waals surface area contributed by atoms with Crippen LogP contribution in [0.15, 0.2) is 47.6 Å². The van der Waals surface area contributed by atoms with Crippen molar-refractivity contribution in [3.63, 3.8) is 0 Å². The number of anilines is 1. The van der Waals surface area contributed by atoms with Crippen molar-refractivity contribution in [1.29, 1.82) is 0 Å². The summed E-state index contributed by atoms with van der Waals surface area (Å²) >= 11 is 5.88. The van der Waals surface area contributed by atoms with Gasteiger partial charge in [0, 0.05) is 0 Å². The number of nitrogens with one attached hydrogen (secondary N) is 1. The average molecular weight is 279 g/mol. The molecule has 0 bridgehead atoms. The van der Waals surface area contributed by atoms with Gasteiger partial charge in [0.1, 0.15) is 11.6 Å². The summed E-state index contributed by atoms with van der Waals surface area (Å²) in [4.78, 5) is 0. The van der Waals surface area contributed by atoms with E-state index >= 15 is 0 Å². The Balaban J connectivity index is 2.21. The first-order valence-electron chi connectivity index (χ1n) is 5.58. The molecule has 0 spiro atoms. The number of para-hydroxylation sites is 1. The van der Waals surface area contributed by atoms with Gasteiger partial charge in [-0.3, -0.25) is 5.43 Å². The maximum Gasteiger partial charge on any atom is 0.142 e. The van der Waals surface area contributed by atoms with E-state index < -0.39 is 5.82 Å². The first kappa shape index (κ1) is 13.4. The molecule has 0 fully saturated rings. The molecule has 0 aliphatic rings. The molecule has 0 atom stereocenters. The summed E-state index contributed by atoms with van der Waals surface area (Å²) in [5, 5.41) is 4.00. The summed E-state index contributed by atoms with van der Waals surface area (Å²) < 4.78 is 18.5. The van der Waals surface area contributed by atoms with Crippen LogP contribution in [-0.2, 0) is 0 Å². The fraction of sp³-hybridized carbons (Fsp3) is 0.0714. The van der Waals surface area contributed by atoms with Crippen molar-refractivity contribution >= 4 is 23.5 Å². The standard InChI is InChI=1S/C14H12ClFN2O/c1-19-13-8-7-12(16)14(15)11(13)9-17-18-10-5-3-2-4-6-10/h2-9,18H,1H3. The van der Waals surface area contributed by atoms with Gasteiger partial charge in [-0.05, 0) is 24.3 Å². The fourth-order valence-electron chi connectivity index (χ4n) is 1.53. The predicted molar refractivity (Wildman–Crippen MR) is 75.6 cm³/mol. The van der Waals surface area contributed by atoms with Crippen LogP contribution in [0.25, 0.3) is 0 Å². The Morgan fingerprint density at radius 1 is 1.21 bits per heavy atom. The second-order valence-corrected chi connectivity index (χ2v) is 4.09. The lowest BCUT2D eigenvalue weighted by Crippen LogP contribution is -1.96. The monoisotopic (exact) mass is 278 g/mol. The highest BCUT2D eigenvalue weighted by Crippen LogP contribution is 2.27. The highest BCUT2D eigenvalue weighted by molar-refractivity contribution is 6.33. The van der Waals surface area contributed by atoms with Crippen LogP contribution in [0.4, 0.5) is 10.1 Å². The van der Waals surface area contributed by atoms with Gasteiger partial charge in [0.15, 0.2) is 0 Å². The molecule has 0 saturated carbocycles. The van der Waals surface area contributed by atoms with Gasteiger partial charge in [0.05, 0.1) is 29.6 Å². The van der Waals surface area contributed by atoms with Crippen LogP contribution >= 0.6 is 11.6 Å². The van der Waals surface area contributed by atoms with E-state index in [2.05, 4.69) is 10.5 Å². The Kier molecular flexibility index (Phi) is 4.36. The number of hydrazone groups is 1. The van der Waals surface area contributed by atoms with Gasteiger partial charge in [0.25, 0.3) is 0 Å². The summed E-state index contributed by atoms with van der Waals surface area (Å²) in [6, 6.07) is 12.2. The molecule has 1 N–H and O–H groups in total. The number of rotatable bonds is 4. The van der Waals surface area contributed by atoms with Crippen LogP contribution in [0.1, 0.15) is 5.56 Å². The maximum atomic E-state index is 13.4. The Labute approximate surface area is 115 Å². The minimum atomic E-state index is -0.511. The van der Waals surface area contributed by atoms with E-state index in [4.69, 9.17) is 16.3 Å². The van der Waals surface area contributed by atoms with E-state index in [-0.39, 0.29) is 5.02 Å². The van der Waals surface area contributed by atoms with Gasteiger partial charge in [-0.15, -0.1) is 0 Å². The molecule has 2 aromatic carbocycles. The summed E-state index contributed by atoms with van der Waals surface area (Å²) in [6.07, 6.45) is 1.43. The van der Waals surface area contributed by atoms with Crippen LogP contribution in [0.2, 0.25) is 5.02 Å². The van der Waals surface area contributed by atoms with Crippen LogP contribution in [-0.4, -0.2) is 13.3 Å². The third-order valence-corrected chi connectivity index (χ3v) is 2.86. The molecular weight excluding hydrogens is 267 g/mol. The lowest BCUT2D eigenvalue weighted by Gasteiger charge is -2.07. The lowest BCUT2D eigenvalue weighted by molar-refractivity contribution is 0.413. The zero-order valence-corrected chi connectivity index (χ0v) is 11.0. The van der Waals surface area contributed by atoms with E-state index in [1.54, 1.807) is 0 Å². The SMILES string of the molecule is COc1ccc(F)c(Cl)c1C=NNc1ccccc1. The third kappa shape index (κ3) is 3.23. The molecule has 0 aliphatic heterocycles. The number of ether oxygens (including phenoxy) is 1. The van der Waals surface area contributed by atoms with E-state index in [1.807, 2.05) is 30.3 Å². The van der Waals surface area contributed by atoms with Gasteiger partial charge in [-0.25, -0.2) is 4.39 Å². The van der Waals surface area contributed by atoms with E-state index in [0.717, 1.165) is 5.69 Å². The number of benzene rings is 2. The lowest BCUT2D eigenvalue weighted by atomic mass is 10.2. The quantitative estimate of drug-likeness (QED) is 0.679. The van der Waals surface area contributed by atoms with E-state index in [1.165, 1.54) is 25.5 Å². The molecule has 0 unspecified atom stereocenters. The van der Waals surface area contributed by atoms with Gasteiger partial charge in [-0.2, -0.15) is 5.10 Å². The van der Waals surface area contributed by atoms with Gasteiger partial charge < -0.3 is 4.74 Å². The zero-order valence-electron chi connectivity index (χ0n) is 10.2. The smallest absolute Gasteiger partial charge is 0.142 e. The summed E-state index contributed by atoms with van der Waals surface area (Å²) in [5.74, 6) is -0.0476. The normalized spacial score (nSPS) is 10.7. The molecule has 2 aromatic rings. The van der Waals surface area contributed by atoms with Crippen molar-refractivity contribution in [1.82, 2.24) is 0 Å². The minimum absolute atomic E-state index is 0.0158. The first-order valence-corrected chi connectivity index (χ1v) is 5.96. The van der Waals surface area contributed by atoms with Gasteiger partial charge in [0.2, 0.25) is 0 Å². The fourth-order valence-corrected chi connectivity index (χ4v) is 1.74. The number of nitrogens with zero attached hydrogens (tertiary/aromatic N) is 1. The average Bonchev–Trinajstić information content (AvgIpc) is 2.45. The summed E-state index contributed by atoms with van der Waals surface area (Å²) in [6.45, 7) is 0. The Bertz CT molecular complexity index is 587. The highest BCUT2D eigenvalue weighted by atomic mass is 35.5. The molecule has 5 heteroatoms. The van der Waals surface area contributed by atoms with Crippen molar-refractivity contribution in [3.8, 4) is 5.75 Å². The second-order valence-electron chi connectivity index (χ2n) is 3.71. The molecule has 0 saturated heterocycles. The van der Waals surface area contributed by atoms with Gasteiger partial charge >= 0.3 is 0 Å². The first-order chi connectivity index (χ1) is 9.22. The van der Waals surface area contributed by atoms with Crippen molar-refractivity contribution in [2.45, 2.75) is 0 Å². The Morgan fingerprint density at radius 3 is 2.63 bits per heavy atom. The number of methoxy groups -OCH3 is 1. The van der Waals surface area contributed by atoms with Crippen molar-refractivity contribution < 1.29 is 9.13 Å². The molecule has 2 rings (SSSR count). The Hall–Kier alpha value is -2.07. The molecule has 0 aliphatic carbocycles. The Morgan fingerprint density at radius 2 is 1.95 bits per heavy atom. The molecule has 0 aromatic heterocycles.